The Hall–Kier alpha value is -1.79. The van der Waals surface area contributed by atoms with Crippen LogP contribution in [0.25, 0.3) is 0 Å². The molecule has 0 aromatic heterocycles. The van der Waals surface area contributed by atoms with Crippen LogP contribution in [0.5, 0.6) is 0 Å². The highest BCUT2D eigenvalue weighted by Crippen LogP contribution is 2.22. The number of anilines is 1. The Balaban J connectivity index is 2.20. The summed E-state index contributed by atoms with van der Waals surface area (Å²) in [6.07, 6.45) is 0. The summed E-state index contributed by atoms with van der Waals surface area (Å²) in [5, 5.41) is 12.5. The molecular formula is C15H13BrN2. The molecule has 0 bridgehead atoms. The molecule has 0 radical (unpaired) electrons. The van der Waals surface area contributed by atoms with Gasteiger partial charge in [0.25, 0.3) is 0 Å². The van der Waals surface area contributed by atoms with Crippen LogP contribution in [0.1, 0.15) is 17.2 Å². The van der Waals surface area contributed by atoms with Crippen LogP contribution in [0.15, 0.2) is 53.0 Å². The molecule has 0 aliphatic heterocycles. The highest BCUT2D eigenvalue weighted by molar-refractivity contribution is 9.10. The van der Waals surface area contributed by atoms with Crippen molar-refractivity contribution < 1.29 is 0 Å². The number of nitrogens with one attached hydrogen (secondary N) is 1. The van der Waals surface area contributed by atoms with Crippen LogP contribution in [0, 0.1) is 18.3 Å². The van der Waals surface area contributed by atoms with Gasteiger partial charge in [-0.05, 0) is 36.8 Å². The molecule has 0 saturated heterocycles. The van der Waals surface area contributed by atoms with Gasteiger partial charge in [-0.1, -0.05) is 45.8 Å². The van der Waals surface area contributed by atoms with Crippen molar-refractivity contribution in [2.24, 2.45) is 0 Å². The lowest BCUT2D eigenvalue weighted by Gasteiger charge is -2.13. The van der Waals surface area contributed by atoms with E-state index in [-0.39, 0.29) is 6.04 Å². The van der Waals surface area contributed by atoms with Crippen molar-refractivity contribution in [3.63, 3.8) is 0 Å². The zero-order valence-electron chi connectivity index (χ0n) is 10.0. The van der Waals surface area contributed by atoms with E-state index in [0.29, 0.717) is 0 Å². The lowest BCUT2D eigenvalue weighted by Crippen LogP contribution is -2.08. The van der Waals surface area contributed by atoms with Crippen LogP contribution in [-0.2, 0) is 0 Å². The first-order valence-corrected chi connectivity index (χ1v) is 6.46. The van der Waals surface area contributed by atoms with Crippen molar-refractivity contribution in [1.82, 2.24) is 0 Å². The number of aryl methyl sites for hydroxylation is 1. The molecule has 2 rings (SSSR count). The quantitative estimate of drug-likeness (QED) is 0.910. The van der Waals surface area contributed by atoms with Gasteiger partial charge in [-0.2, -0.15) is 5.26 Å². The number of halogens is 1. The number of nitrogens with zero attached hydrogens (tertiary/aromatic N) is 1. The predicted octanol–water partition coefficient (Wildman–Crippen LogP) is 4.43. The van der Waals surface area contributed by atoms with E-state index < -0.39 is 0 Å². The second-order valence-electron chi connectivity index (χ2n) is 4.13. The van der Waals surface area contributed by atoms with E-state index >= 15 is 0 Å². The van der Waals surface area contributed by atoms with Gasteiger partial charge in [-0.25, -0.2) is 0 Å². The van der Waals surface area contributed by atoms with Gasteiger partial charge < -0.3 is 5.32 Å². The van der Waals surface area contributed by atoms with Crippen molar-refractivity contribution in [2.45, 2.75) is 13.0 Å². The lowest BCUT2D eigenvalue weighted by atomic mass is 10.1. The maximum Gasteiger partial charge on any atom is 0.140 e. The molecular weight excluding hydrogens is 288 g/mol. The molecule has 2 nitrogen and oxygen atoms in total. The van der Waals surface area contributed by atoms with Gasteiger partial charge in [-0.3, -0.25) is 0 Å². The van der Waals surface area contributed by atoms with Crippen molar-refractivity contribution in [2.75, 3.05) is 5.32 Å². The largest absolute Gasteiger partial charge is 0.366 e. The SMILES string of the molecule is Cc1ccc(NC(C#N)c2cccc(Br)c2)cc1. The van der Waals surface area contributed by atoms with Gasteiger partial charge in [0.1, 0.15) is 6.04 Å². The smallest absolute Gasteiger partial charge is 0.140 e. The van der Waals surface area contributed by atoms with Crippen LogP contribution in [0.3, 0.4) is 0 Å². The zero-order chi connectivity index (χ0) is 13.0. The van der Waals surface area contributed by atoms with E-state index in [1.807, 2.05) is 55.5 Å². The Morgan fingerprint density at radius 3 is 2.50 bits per heavy atom. The van der Waals surface area contributed by atoms with Crippen LogP contribution < -0.4 is 5.32 Å². The van der Waals surface area contributed by atoms with Gasteiger partial charge in [0.05, 0.1) is 6.07 Å². The molecule has 0 heterocycles. The fourth-order valence-electron chi connectivity index (χ4n) is 1.69. The van der Waals surface area contributed by atoms with Crippen molar-refractivity contribution in [3.05, 3.63) is 64.1 Å². The Labute approximate surface area is 115 Å². The Morgan fingerprint density at radius 2 is 1.89 bits per heavy atom. The first-order valence-electron chi connectivity index (χ1n) is 5.67. The molecule has 3 heteroatoms. The molecule has 1 atom stereocenters. The number of hydrogen-bond acceptors (Lipinski definition) is 2. The molecule has 0 spiro atoms. The normalized spacial score (nSPS) is 11.6. The second-order valence-corrected chi connectivity index (χ2v) is 5.04. The molecule has 0 aliphatic rings. The summed E-state index contributed by atoms with van der Waals surface area (Å²) in [5.41, 5.74) is 3.11. The first kappa shape index (κ1) is 12.7. The number of benzene rings is 2. The molecule has 18 heavy (non-hydrogen) atoms. The van der Waals surface area contributed by atoms with Gasteiger partial charge in [0.15, 0.2) is 0 Å². The molecule has 90 valence electrons. The predicted molar refractivity (Wildman–Crippen MR) is 77.3 cm³/mol. The van der Waals surface area contributed by atoms with Crippen molar-refractivity contribution in [3.8, 4) is 6.07 Å². The summed E-state index contributed by atoms with van der Waals surface area (Å²) in [4.78, 5) is 0. The maximum absolute atomic E-state index is 9.26. The van der Waals surface area contributed by atoms with Gasteiger partial charge in [-0.15, -0.1) is 0 Å². The Kier molecular flexibility index (Phi) is 4.01. The van der Waals surface area contributed by atoms with Crippen LogP contribution in [-0.4, -0.2) is 0 Å². The highest BCUT2D eigenvalue weighted by atomic mass is 79.9. The zero-order valence-corrected chi connectivity index (χ0v) is 11.6. The molecule has 0 aliphatic carbocycles. The molecule has 1 N–H and O–H groups in total. The lowest BCUT2D eigenvalue weighted by molar-refractivity contribution is 0.996. The van der Waals surface area contributed by atoms with Crippen molar-refractivity contribution in [1.29, 1.82) is 5.26 Å². The second kappa shape index (κ2) is 5.70. The topological polar surface area (TPSA) is 35.8 Å². The minimum atomic E-state index is -0.342. The fraction of sp³-hybridized carbons (Fsp3) is 0.133. The summed E-state index contributed by atoms with van der Waals surface area (Å²) in [5.74, 6) is 0. The third-order valence-corrected chi connectivity index (χ3v) is 3.17. The maximum atomic E-state index is 9.26. The summed E-state index contributed by atoms with van der Waals surface area (Å²) in [7, 11) is 0. The Morgan fingerprint density at radius 1 is 1.17 bits per heavy atom. The number of hydrogen-bond donors (Lipinski definition) is 1. The summed E-state index contributed by atoms with van der Waals surface area (Å²) in [6, 6.07) is 17.7. The summed E-state index contributed by atoms with van der Waals surface area (Å²) in [6.45, 7) is 2.04. The first-order chi connectivity index (χ1) is 8.69. The van der Waals surface area contributed by atoms with Gasteiger partial charge >= 0.3 is 0 Å². The van der Waals surface area contributed by atoms with Crippen LogP contribution in [0.4, 0.5) is 5.69 Å². The van der Waals surface area contributed by atoms with Crippen LogP contribution >= 0.6 is 15.9 Å². The molecule has 2 aromatic rings. The fourth-order valence-corrected chi connectivity index (χ4v) is 2.11. The van der Waals surface area contributed by atoms with E-state index in [4.69, 9.17) is 0 Å². The monoisotopic (exact) mass is 300 g/mol. The van der Waals surface area contributed by atoms with E-state index in [2.05, 4.69) is 27.3 Å². The van der Waals surface area contributed by atoms with Gasteiger partial charge in [0.2, 0.25) is 0 Å². The van der Waals surface area contributed by atoms with E-state index in [9.17, 15) is 5.26 Å². The van der Waals surface area contributed by atoms with E-state index in [1.165, 1.54) is 5.56 Å². The molecule has 0 fully saturated rings. The van der Waals surface area contributed by atoms with Crippen LogP contribution in [0.2, 0.25) is 0 Å². The minimum Gasteiger partial charge on any atom is -0.366 e. The third kappa shape index (κ3) is 3.12. The van der Waals surface area contributed by atoms with E-state index in [1.54, 1.807) is 0 Å². The molecule has 2 aromatic carbocycles. The van der Waals surface area contributed by atoms with Crippen molar-refractivity contribution >= 4 is 21.6 Å². The number of rotatable bonds is 3. The highest BCUT2D eigenvalue weighted by Gasteiger charge is 2.10. The molecule has 0 saturated carbocycles. The van der Waals surface area contributed by atoms with E-state index in [0.717, 1.165) is 15.7 Å². The molecule has 0 amide bonds. The summed E-state index contributed by atoms with van der Waals surface area (Å²) >= 11 is 3.42. The van der Waals surface area contributed by atoms with Gasteiger partial charge in [0, 0.05) is 10.2 Å². The standard InChI is InChI=1S/C15H13BrN2/c1-11-5-7-14(8-6-11)18-15(10-17)12-3-2-4-13(16)9-12/h2-9,15,18H,1H3. The molecule has 1 unspecified atom stereocenters. The Bertz CT molecular complexity index is 570. The average Bonchev–Trinajstić information content (AvgIpc) is 2.38. The third-order valence-electron chi connectivity index (χ3n) is 2.67. The number of nitriles is 1. The average molecular weight is 301 g/mol. The summed E-state index contributed by atoms with van der Waals surface area (Å²) < 4.78 is 0.978. The minimum absolute atomic E-state index is 0.342.